The predicted octanol–water partition coefficient (Wildman–Crippen LogP) is 1.74. The molecule has 0 heterocycles. The van der Waals surface area contributed by atoms with Crippen molar-refractivity contribution in [2.24, 2.45) is 5.92 Å². The van der Waals surface area contributed by atoms with Gasteiger partial charge < -0.3 is 10.6 Å². The van der Waals surface area contributed by atoms with E-state index in [-0.39, 0.29) is 12.1 Å². The maximum absolute atomic E-state index is 11.8. The first-order valence-electron chi connectivity index (χ1n) is 7.28. The van der Waals surface area contributed by atoms with E-state index >= 15 is 0 Å². The zero-order valence-electron chi connectivity index (χ0n) is 11.2. The fraction of sp³-hybridized carbons (Fsp3) is 0.857. The van der Waals surface area contributed by atoms with Gasteiger partial charge in [-0.25, -0.2) is 0 Å². The number of carbonyl (C=O) groups excluding carboxylic acids is 2. The molecule has 2 saturated carbocycles. The first-order valence-corrected chi connectivity index (χ1v) is 7.28. The molecule has 0 aromatic rings. The Bertz CT molecular complexity index is 311. The summed E-state index contributed by atoms with van der Waals surface area (Å²) in [7, 11) is 0. The smallest absolute Gasteiger partial charge is 0.309 e. The van der Waals surface area contributed by atoms with Crippen LogP contribution in [0.4, 0.5) is 0 Å². The second kappa shape index (κ2) is 6.21. The van der Waals surface area contributed by atoms with Gasteiger partial charge in [0, 0.05) is 12.1 Å². The molecule has 2 amide bonds. The molecule has 0 saturated heterocycles. The third-order valence-electron chi connectivity index (χ3n) is 4.32. The summed E-state index contributed by atoms with van der Waals surface area (Å²) in [6.45, 7) is 2.15. The molecule has 2 aliphatic rings. The van der Waals surface area contributed by atoms with E-state index in [1.807, 2.05) is 0 Å². The lowest BCUT2D eigenvalue weighted by molar-refractivity contribution is -0.140. The highest BCUT2D eigenvalue weighted by Crippen LogP contribution is 2.23. The molecule has 18 heavy (non-hydrogen) atoms. The normalized spacial score (nSPS) is 28.9. The van der Waals surface area contributed by atoms with Crippen molar-refractivity contribution >= 4 is 11.8 Å². The molecule has 0 aromatic heterocycles. The third kappa shape index (κ3) is 3.47. The monoisotopic (exact) mass is 252 g/mol. The van der Waals surface area contributed by atoms with E-state index in [1.165, 1.54) is 6.42 Å². The molecular weight excluding hydrogens is 228 g/mol. The fourth-order valence-electron chi connectivity index (χ4n) is 3.09. The standard InChI is InChI=1S/C14H24N2O2/c1-10-6-2-5-9-12(10)16-14(18)13(17)15-11-7-3-4-8-11/h10-12H,2-9H2,1H3,(H,15,17)(H,16,18)/t10-,12+/m1/s1. The Kier molecular flexibility index (Phi) is 4.61. The van der Waals surface area contributed by atoms with Crippen molar-refractivity contribution in [2.45, 2.75) is 70.4 Å². The summed E-state index contributed by atoms with van der Waals surface area (Å²) in [5.41, 5.74) is 0. The molecule has 102 valence electrons. The van der Waals surface area contributed by atoms with Gasteiger partial charge in [0.1, 0.15) is 0 Å². The number of rotatable bonds is 2. The lowest BCUT2D eigenvalue weighted by Crippen LogP contribution is -2.49. The van der Waals surface area contributed by atoms with E-state index in [1.54, 1.807) is 0 Å². The van der Waals surface area contributed by atoms with Gasteiger partial charge in [-0.2, -0.15) is 0 Å². The molecule has 2 fully saturated rings. The molecule has 2 aliphatic carbocycles. The van der Waals surface area contributed by atoms with Gasteiger partial charge in [0.25, 0.3) is 0 Å². The van der Waals surface area contributed by atoms with Crippen molar-refractivity contribution in [3.05, 3.63) is 0 Å². The Morgan fingerprint density at radius 1 is 0.833 bits per heavy atom. The summed E-state index contributed by atoms with van der Waals surface area (Å²) in [5, 5.41) is 5.72. The summed E-state index contributed by atoms with van der Waals surface area (Å²) in [5.74, 6) is -0.401. The van der Waals surface area contributed by atoms with E-state index in [4.69, 9.17) is 0 Å². The maximum Gasteiger partial charge on any atom is 0.309 e. The van der Waals surface area contributed by atoms with E-state index in [0.29, 0.717) is 5.92 Å². The Hall–Kier alpha value is -1.06. The Morgan fingerprint density at radius 2 is 1.39 bits per heavy atom. The molecule has 2 atom stereocenters. The van der Waals surface area contributed by atoms with Gasteiger partial charge >= 0.3 is 11.8 Å². The molecule has 2 rings (SSSR count). The molecule has 2 N–H and O–H groups in total. The van der Waals surface area contributed by atoms with E-state index in [2.05, 4.69) is 17.6 Å². The minimum atomic E-state index is -0.445. The number of amides is 2. The molecule has 0 unspecified atom stereocenters. The van der Waals surface area contributed by atoms with Crippen molar-refractivity contribution in [3.8, 4) is 0 Å². The first-order chi connectivity index (χ1) is 8.66. The average Bonchev–Trinajstić information content (AvgIpc) is 2.84. The number of nitrogens with one attached hydrogen (secondary N) is 2. The lowest BCUT2D eigenvalue weighted by atomic mass is 9.86. The molecule has 0 aromatic carbocycles. The minimum Gasteiger partial charge on any atom is -0.345 e. The number of carbonyl (C=O) groups is 2. The van der Waals surface area contributed by atoms with Crippen molar-refractivity contribution in [1.82, 2.24) is 10.6 Å². The summed E-state index contributed by atoms with van der Waals surface area (Å²) in [4.78, 5) is 23.6. The average molecular weight is 252 g/mol. The first kappa shape index (κ1) is 13.4. The zero-order chi connectivity index (χ0) is 13.0. The Balaban J connectivity index is 1.77. The van der Waals surface area contributed by atoms with E-state index < -0.39 is 11.8 Å². The summed E-state index contributed by atoms with van der Waals surface area (Å²) < 4.78 is 0. The lowest BCUT2D eigenvalue weighted by Gasteiger charge is -2.29. The van der Waals surface area contributed by atoms with Crippen LogP contribution in [0.2, 0.25) is 0 Å². The molecule has 0 spiro atoms. The molecule has 0 radical (unpaired) electrons. The van der Waals surface area contributed by atoms with Crippen molar-refractivity contribution in [2.75, 3.05) is 0 Å². The second-order valence-corrected chi connectivity index (χ2v) is 5.80. The van der Waals surface area contributed by atoms with Crippen LogP contribution >= 0.6 is 0 Å². The highest BCUT2D eigenvalue weighted by Gasteiger charge is 2.27. The quantitative estimate of drug-likeness (QED) is 0.735. The largest absolute Gasteiger partial charge is 0.345 e. The van der Waals surface area contributed by atoms with Gasteiger partial charge in [0.2, 0.25) is 0 Å². The van der Waals surface area contributed by atoms with Crippen molar-refractivity contribution in [1.29, 1.82) is 0 Å². The molecule has 4 nitrogen and oxygen atoms in total. The van der Waals surface area contributed by atoms with Crippen LogP contribution in [0.25, 0.3) is 0 Å². The van der Waals surface area contributed by atoms with Crippen LogP contribution in [-0.2, 0) is 9.59 Å². The van der Waals surface area contributed by atoms with Crippen molar-refractivity contribution in [3.63, 3.8) is 0 Å². The van der Waals surface area contributed by atoms with Gasteiger partial charge in [-0.3, -0.25) is 9.59 Å². The van der Waals surface area contributed by atoms with E-state index in [9.17, 15) is 9.59 Å². The van der Waals surface area contributed by atoms with Crippen LogP contribution in [0.5, 0.6) is 0 Å². The highest BCUT2D eigenvalue weighted by molar-refractivity contribution is 6.35. The topological polar surface area (TPSA) is 58.2 Å². The van der Waals surface area contributed by atoms with Crippen LogP contribution < -0.4 is 10.6 Å². The van der Waals surface area contributed by atoms with Crippen LogP contribution in [0, 0.1) is 5.92 Å². The summed E-state index contributed by atoms with van der Waals surface area (Å²) in [6.07, 6.45) is 8.89. The SMILES string of the molecule is C[C@@H]1CCCC[C@@H]1NC(=O)C(=O)NC1CCCC1. The van der Waals surface area contributed by atoms with Gasteiger partial charge in [-0.1, -0.05) is 32.6 Å². The fourth-order valence-corrected chi connectivity index (χ4v) is 3.09. The van der Waals surface area contributed by atoms with Gasteiger partial charge in [0.15, 0.2) is 0 Å². The molecule has 0 bridgehead atoms. The Morgan fingerprint density at radius 3 is 2.06 bits per heavy atom. The summed E-state index contributed by atoms with van der Waals surface area (Å²) in [6, 6.07) is 0.396. The Labute approximate surface area is 109 Å². The highest BCUT2D eigenvalue weighted by atomic mass is 16.2. The zero-order valence-corrected chi connectivity index (χ0v) is 11.2. The van der Waals surface area contributed by atoms with Crippen LogP contribution in [-0.4, -0.2) is 23.9 Å². The molecular formula is C14H24N2O2. The van der Waals surface area contributed by atoms with E-state index in [0.717, 1.165) is 44.9 Å². The maximum atomic E-state index is 11.8. The predicted molar refractivity (Wildman–Crippen MR) is 70.0 cm³/mol. The number of hydrogen-bond acceptors (Lipinski definition) is 2. The van der Waals surface area contributed by atoms with Crippen LogP contribution in [0.15, 0.2) is 0 Å². The van der Waals surface area contributed by atoms with Crippen molar-refractivity contribution < 1.29 is 9.59 Å². The minimum absolute atomic E-state index is 0.181. The second-order valence-electron chi connectivity index (χ2n) is 5.80. The third-order valence-corrected chi connectivity index (χ3v) is 4.32. The van der Waals surface area contributed by atoms with Gasteiger partial charge in [-0.05, 0) is 31.6 Å². The number of hydrogen-bond donors (Lipinski definition) is 2. The van der Waals surface area contributed by atoms with Crippen LogP contribution in [0.1, 0.15) is 58.3 Å². The van der Waals surface area contributed by atoms with Gasteiger partial charge in [-0.15, -0.1) is 0 Å². The van der Waals surface area contributed by atoms with Crippen LogP contribution in [0.3, 0.4) is 0 Å². The molecule has 4 heteroatoms. The summed E-state index contributed by atoms with van der Waals surface area (Å²) >= 11 is 0. The molecule has 0 aliphatic heterocycles. The van der Waals surface area contributed by atoms with Gasteiger partial charge in [0.05, 0.1) is 0 Å².